The van der Waals surface area contributed by atoms with Gasteiger partial charge >= 0.3 is 6.03 Å². The third-order valence-corrected chi connectivity index (χ3v) is 5.15. The van der Waals surface area contributed by atoms with Gasteiger partial charge in [-0.25, -0.2) is 4.79 Å². The van der Waals surface area contributed by atoms with Crippen LogP contribution in [0.2, 0.25) is 0 Å². The number of likely N-dealkylation sites (tertiary alicyclic amines) is 1. The van der Waals surface area contributed by atoms with Crippen molar-refractivity contribution in [1.29, 1.82) is 0 Å². The van der Waals surface area contributed by atoms with Crippen LogP contribution in [0.3, 0.4) is 0 Å². The molecule has 2 amide bonds. The van der Waals surface area contributed by atoms with Crippen molar-refractivity contribution in [2.24, 2.45) is 0 Å². The number of ether oxygens (including phenoxy) is 1. The minimum atomic E-state index is -0.503. The lowest BCUT2D eigenvalue weighted by atomic mass is 10.0. The van der Waals surface area contributed by atoms with Gasteiger partial charge in [0.25, 0.3) is 0 Å². The number of carbonyl (C=O) groups is 1. The Hall–Kier alpha value is -1.79. The van der Waals surface area contributed by atoms with Crippen LogP contribution in [-0.4, -0.2) is 84.4 Å². The van der Waals surface area contributed by atoms with E-state index in [9.17, 15) is 9.90 Å². The third kappa shape index (κ3) is 4.64. The maximum Gasteiger partial charge on any atom is 0.320 e. The van der Waals surface area contributed by atoms with Crippen molar-refractivity contribution in [3.8, 4) is 5.75 Å². The van der Waals surface area contributed by atoms with Gasteiger partial charge in [-0.1, -0.05) is 12.1 Å². The number of piperidine rings is 1. The first-order valence-electron chi connectivity index (χ1n) is 9.14. The molecule has 6 heteroatoms. The summed E-state index contributed by atoms with van der Waals surface area (Å²) < 4.78 is 5.68. The van der Waals surface area contributed by atoms with Crippen molar-refractivity contribution in [3.05, 3.63) is 29.8 Å². The van der Waals surface area contributed by atoms with Gasteiger partial charge in [-0.05, 0) is 37.5 Å². The normalized spacial score (nSPS) is 21.0. The minimum absolute atomic E-state index is 0.157. The zero-order valence-corrected chi connectivity index (χ0v) is 15.2. The van der Waals surface area contributed by atoms with E-state index in [4.69, 9.17) is 4.74 Å². The first-order chi connectivity index (χ1) is 12.0. The highest BCUT2D eigenvalue weighted by Crippen LogP contribution is 2.21. The number of rotatable bonds is 6. The fourth-order valence-electron chi connectivity index (χ4n) is 3.67. The van der Waals surface area contributed by atoms with Crippen molar-refractivity contribution in [2.75, 3.05) is 46.4 Å². The van der Waals surface area contributed by atoms with Crippen molar-refractivity contribution in [1.82, 2.24) is 14.7 Å². The minimum Gasteiger partial charge on any atom is -0.491 e. The van der Waals surface area contributed by atoms with E-state index >= 15 is 0 Å². The lowest BCUT2D eigenvalue weighted by Gasteiger charge is -2.37. The quantitative estimate of drug-likeness (QED) is 0.849. The molecule has 1 atom stereocenters. The molecule has 1 aromatic rings. The van der Waals surface area contributed by atoms with Crippen molar-refractivity contribution < 1.29 is 14.6 Å². The maximum absolute atomic E-state index is 12.1. The van der Waals surface area contributed by atoms with E-state index in [1.54, 1.807) is 4.90 Å². The first-order valence-corrected chi connectivity index (χ1v) is 9.14. The summed E-state index contributed by atoms with van der Waals surface area (Å²) in [6.07, 6.45) is 1.45. The summed E-state index contributed by atoms with van der Waals surface area (Å²) in [5.41, 5.74) is 1.15. The predicted molar refractivity (Wildman–Crippen MR) is 96.9 cm³/mol. The van der Waals surface area contributed by atoms with Gasteiger partial charge in [-0.3, -0.25) is 0 Å². The van der Waals surface area contributed by atoms with Crippen LogP contribution in [0.25, 0.3) is 0 Å². The van der Waals surface area contributed by atoms with Crippen LogP contribution in [0.15, 0.2) is 24.3 Å². The Morgan fingerprint density at radius 3 is 2.64 bits per heavy atom. The lowest BCUT2D eigenvalue weighted by Crippen LogP contribution is -2.48. The number of carbonyl (C=O) groups excluding carboxylic acids is 1. The van der Waals surface area contributed by atoms with Crippen LogP contribution >= 0.6 is 0 Å². The summed E-state index contributed by atoms with van der Waals surface area (Å²) in [4.78, 5) is 18.2. The van der Waals surface area contributed by atoms with Gasteiger partial charge in [-0.2, -0.15) is 0 Å². The number of amides is 2. The molecule has 1 N–H and O–H groups in total. The second-order valence-electron chi connectivity index (χ2n) is 7.21. The fourth-order valence-corrected chi connectivity index (χ4v) is 3.67. The Balaban J connectivity index is 1.39. The van der Waals surface area contributed by atoms with Crippen molar-refractivity contribution in [3.63, 3.8) is 0 Å². The van der Waals surface area contributed by atoms with Gasteiger partial charge in [-0.15, -0.1) is 0 Å². The van der Waals surface area contributed by atoms with E-state index in [-0.39, 0.29) is 6.03 Å². The molecular weight excluding hydrogens is 318 g/mol. The molecule has 0 saturated carbocycles. The summed E-state index contributed by atoms with van der Waals surface area (Å²) in [6.45, 7) is 6.45. The van der Waals surface area contributed by atoms with Crippen LogP contribution in [-0.2, 0) is 0 Å². The van der Waals surface area contributed by atoms with E-state index in [1.807, 2.05) is 43.1 Å². The van der Waals surface area contributed by atoms with Crippen LogP contribution in [0.4, 0.5) is 4.79 Å². The monoisotopic (exact) mass is 347 g/mol. The van der Waals surface area contributed by atoms with Gasteiger partial charge in [0.2, 0.25) is 0 Å². The zero-order valence-electron chi connectivity index (χ0n) is 15.2. The standard InChI is InChI=1S/C19H29N3O3/c1-15-4-3-5-18(12-15)25-14-17(23)13-21-8-6-16(7-9-21)22-11-10-20(2)19(22)24/h3-5,12,16-17,23H,6-11,13-14H2,1-2H3. The molecule has 2 fully saturated rings. The number of aliphatic hydroxyl groups is 1. The first kappa shape index (κ1) is 18.0. The molecule has 0 radical (unpaired) electrons. The summed E-state index contributed by atoms with van der Waals surface area (Å²) in [5, 5.41) is 10.2. The highest BCUT2D eigenvalue weighted by Gasteiger charge is 2.33. The molecule has 25 heavy (non-hydrogen) atoms. The molecule has 3 rings (SSSR count). The Kier molecular flexibility index (Phi) is 5.81. The Labute approximate surface area is 150 Å². The number of nitrogens with zero attached hydrogens (tertiary/aromatic N) is 3. The molecular formula is C19H29N3O3. The summed E-state index contributed by atoms with van der Waals surface area (Å²) in [6, 6.07) is 8.37. The van der Waals surface area contributed by atoms with Gasteiger partial charge in [0.05, 0.1) is 0 Å². The Bertz CT molecular complexity index is 587. The second-order valence-corrected chi connectivity index (χ2v) is 7.21. The number of likely N-dealkylation sites (N-methyl/N-ethyl adjacent to an activating group) is 1. The summed E-state index contributed by atoms with van der Waals surface area (Å²) in [7, 11) is 1.86. The van der Waals surface area contributed by atoms with E-state index in [1.165, 1.54) is 0 Å². The maximum atomic E-state index is 12.1. The van der Waals surface area contributed by atoms with E-state index in [0.717, 1.165) is 50.3 Å². The number of hydrogen-bond acceptors (Lipinski definition) is 4. The molecule has 0 aliphatic carbocycles. The molecule has 1 aromatic carbocycles. The molecule has 0 bridgehead atoms. The van der Waals surface area contributed by atoms with Gasteiger partial charge in [0.15, 0.2) is 0 Å². The number of hydrogen-bond donors (Lipinski definition) is 1. The second kappa shape index (κ2) is 8.06. The SMILES string of the molecule is Cc1cccc(OCC(O)CN2CCC(N3CCN(C)C3=O)CC2)c1. The lowest BCUT2D eigenvalue weighted by molar-refractivity contribution is 0.0505. The average molecular weight is 347 g/mol. The van der Waals surface area contributed by atoms with Gasteiger partial charge in [0.1, 0.15) is 18.5 Å². The summed E-state index contributed by atoms with van der Waals surface area (Å²) >= 11 is 0. The van der Waals surface area contributed by atoms with Crippen LogP contribution in [0, 0.1) is 6.92 Å². The molecule has 0 spiro atoms. The molecule has 2 saturated heterocycles. The molecule has 0 aromatic heterocycles. The number of aliphatic hydroxyl groups excluding tert-OH is 1. The van der Waals surface area contributed by atoms with Crippen LogP contribution < -0.4 is 4.74 Å². The van der Waals surface area contributed by atoms with Gasteiger partial charge in [0, 0.05) is 45.8 Å². The largest absolute Gasteiger partial charge is 0.491 e. The number of aryl methyl sites for hydroxylation is 1. The van der Waals surface area contributed by atoms with Crippen molar-refractivity contribution >= 4 is 6.03 Å². The molecule has 2 heterocycles. The van der Waals surface area contributed by atoms with E-state index < -0.39 is 6.10 Å². The topological polar surface area (TPSA) is 56.3 Å². The Morgan fingerprint density at radius 1 is 1.24 bits per heavy atom. The van der Waals surface area contributed by atoms with Crippen LogP contribution in [0.5, 0.6) is 5.75 Å². The van der Waals surface area contributed by atoms with E-state index in [0.29, 0.717) is 19.2 Å². The molecule has 1 unspecified atom stereocenters. The zero-order chi connectivity index (χ0) is 17.8. The highest BCUT2D eigenvalue weighted by molar-refractivity contribution is 5.76. The average Bonchev–Trinajstić information content (AvgIpc) is 2.93. The summed E-state index contributed by atoms with van der Waals surface area (Å²) in [5.74, 6) is 0.800. The van der Waals surface area contributed by atoms with E-state index in [2.05, 4.69) is 4.90 Å². The highest BCUT2D eigenvalue weighted by atomic mass is 16.5. The third-order valence-electron chi connectivity index (χ3n) is 5.15. The number of urea groups is 1. The molecule has 2 aliphatic rings. The number of benzene rings is 1. The molecule has 2 aliphatic heterocycles. The fraction of sp³-hybridized carbons (Fsp3) is 0.632. The predicted octanol–water partition coefficient (Wildman–Crippen LogP) is 1.57. The van der Waals surface area contributed by atoms with Crippen LogP contribution in [0.1, 0.15) is 18.4 Å². The Morgan fingerprint density at radius 2 is 2.00 bits per heavy atom. The van der Waals surface area contributed by atoms with Crippen molar-refractivity contribution in [2.45, 2.75) is 31.9 Å². The smallest absolute Gasteiger partial charge is 0.320 e. The number of β-amino-alcohol motifs (C(OH)–C–C–N with tert-alkyl or cyclic N) is 1. The molecule has 6 nitrogen and oxygen atoms in total. The van der Waals surface area contributed by atoms with Gasteiger partial charge < -0.3 is 24.5 Å². The molecule has 138 valence electrons.